The number of aliphatic hydroxyl groups is 1. The average molecular weight is 365 g/mol. The van der Waals surface area contributed by atoms with Gasteiger partial charge in [-0.15, -0.1) is 35.3 Å². The maximum absolute atomic E-state index is 11.5. The first kappa shape index (κ1) is 19.7. The fourth-order valence-corrected chi connectivity index (χ4v) is 6.94. The van der Waals surface area contributed by atoms with Gasteiger partial charge in [0.05, 0.1) is 5.94 Å². The van der Waals surface area contributed by atoms with E-state index in [1.165, 1.54) is 29.3 Å². The van der Waals surface area contributed by atoms with E-state index in [9.17, 15) is 4.79 Å². The predicted molar refractivity (Wildman–Crippen MR) is 97.1 cm³/mol. The molecule has 0 aromatic heterocycles. The lowest BCUT2D eigenvalue weighted by Gasteiger charge is -2.02. The Labute approximate surface area is 136 Å². The molecule has 0 spiro atoms. The molecule has 0 heterocycles. The summed E-state index contributed by atoms with van der Waals surface area (Å²) in [5, 5.41) is 12.8. The summed E-state index contributed by atoms with van der Waals surface area (Å²) >= 11 is 10.3. The predicted octanol–water partition coefficient (Wildman–Crippen LogP) is 4.10. The molecule has 2 nitrogen and oxygen atoms in total. The van der Waals surface area contributed by atoms with Crippen LogP contribution in [0, 0.1) is 0 Å². The topological polar surface area (TPSA) is 37.3 Å². The molecule has 0 unspecified atom stereocenters. The Kier molecular flexibility index (Phi) is 18.4. The van der Waals surface area contributed by atoms with Gasteiger partial charge in [-0.1, -0.05) is 18.7 Å². The normalized spacial score (nSPS) is 10.8. The zero-order valence-corrected chi connectivity index (χ0v) is 15.4. The van der Waals surface area contributed by atoms with E-state index in [-0.39, 0.29) is 11.1 Å². The SMILES string of the molecule is CCSCSCSCCC(=O)SCSCSCO. The summed E-state index contributed by atoms with van der Waals surface area (Å²) in [6.07, 6.45) is 0.671. The molecular formula is C10H20O2S6. The number of carbonyl (C=O) groups is 1. The van der Waals surface area contributed by atoms with Crippen LogP contribution in [0.5, 0.6) is 0 Å². The summed E-state index contributed by atoms with van der Waals surface area (Å²) in [7, 11) is 0. The van der Waals surface area contributed by atoms with Crippen LogP contribution in [-0.2, 0) is 4.79 Å². The van der Waals surface area contributed by atoms with Crippen LogP contribution in [0.1, 0.15) is 13.3 Å². The van der Waals surface area contributed by atoms with Crippen LogP contribution in [-0.4, -0.2) is 48.0 Å². The molecule has 0 bridgehead atoms. The molecule has 0 rings (SSSR count). The molecule has 108 valence electrons. The van der Waals surface area contributed by atoms with Crippen molar-refractivity contribution in [2.45, 2.75) is 13.3 Å². The van der Waals surface area contributed by atoms with Gasteiger partial charge in [-0.2, -0.15) is 23.5 Å². The van der Waals surface area contributed by atoms with Crippen LogP contribution in [0.2, 0.25) is 0 Å². The number of hydrogen-bond acceptors (Lipinski definition) is 8. The summed E-state index contributed by atoms with van der Waals surface area (Å²) in [4.78, 5) is 11.5. The first-order valence-corrected chi connectivity index (χ1v) is 12.2. The lowest BCUT2D eigenvalue weighted by atomic mass is 10.5. The standard InChI is InChI=1S/C10H20O2S6/c1-2-13-6-16-7-14-4-3-10(12)18-9-17-8-15-5-11/h11H,2-9H2,1H3. The van der Waals surface area contributed by atoms with Crippen molar-refractivity contribution in [1.82, 2.24) is 0 Å². The molecule has 0 amide bonds. The highest BCUT2D eigenvalue weighted by Crippen LogP contribution is 2.21. The van der Waals surface area contributed by atoms with Gasteiger partial charge in [-0.05, 0) is 5.75 Å². The van der Waals surface area contributed by atoms with Gasteiger partial charge in [0, 0.05) is 32.5 Å². The summed E-state index contributed by atoms with van der Waals surface area (Å²) < 4.78 is 0. The molecule has 8 heteroatoms. The van der Waals surface area contributed by atoms with Gasteiger partial charge >= 0.3 is 0 Å². The van der Waals surface area contributed by atoms with E-state index in [1.807, 2.05) is 35.3 Å². The molecule has 0 atom stereocenters. The second-order valence-electron chi connectivity index (χ2n) is 2.88. The van der Waals surface area contributed by atoms with Gasteiger partial charge in [-0.25, -0.2) is 0 Å². The van der Waals surface area contributed by atoms with Gasteiger partial charge in [0.2, 0.25) is 0 Å². The molecule has 0 saturated carbocycles. The second kappa shape index (κ2) is 16.8. The maximum atomic E-state index is 11.5. The minimum absolute atomic E-state index is 0.163. The molecule has 0 aromatic rings. The van der Waals surface area contributed by atoms with Crippen LogP contribution in [0.15, 0.2) is 0 Å². The first-order valence-electron chi connectivity index (χ1n) is 5.46. The largest absolute Gasteiger partial charge is 0.386 e. The zero-order valence-electron chi connectivity index (χ0n) is 10.5. The van der Waals surface area contributed by atoms with Gasteiger partial charge in [0.15, 0.2) is 5.12 Å². The smallest absolute Gasteiger partial charge is 0.190 e. The first-order chi connectivity index (χ1) is 8.81. The average Bonchev–Trinajstić information content (AvgIpc) is 2.37. The lowest BCUT2D eigenvalue weighted by molar-refractivity contribution is -0.110. The van der Waals surface area contributed by atoms with E-state index < -0.39 is 0 Å². The fourth-order valence-electron chi connectivity index (χ4n) is 0.759. The van der Waals surface area contributed by atoms with E-state index in [4.69, 9.17) is 5.11 Å². The Balaban J connectivity index is 3.12. The van der Waals surface area contributed by atoms with Gasteiger partial charge in [-0.3, -0.25) is 4.79 Å². The number of thioether (sulfide) groups is 6. The van der Waals surface area contributed by atoms with Crippen molar-refractivity contribution in [1.29, 1.82) is 0 Å². The Hall–Kier alpha value is 1.73. The Morgan fingerprint density at radius 3 is 2.33 bits per heavy atom. The zero-order chi connectivity index (χ0) is 13.5. The molecule has 0 aliphatic rings. The van der Waals surface area contributed by atoms with Crippen molar-refractivity contribution in [2.24, 2.45) is 0 Å². The van der Waals surface area contributed by atoms with E-state index in [1.54, 1.807) is 11.8 Å². The number of aliphatic hydroxyl groups excluding tert-OH is 1. The third kappa shape index (κ3) is 15.8. The lowest BCUT2D eigenvalue weighted by Crippen LogP contribution is -1.94. The van der Waals surface area contributed by atoms with Crippen LogP contribution in [0.3, 0.4) is 0 Å². The highest BCUT2D eigenvalue weighted by Gasteiger charge is 2.02. The van der Waals surface area contributed by atoms with Crippen molar-refractivity contribution in [3.05, 3.63) is 0 Å². The third-order valence-electron chi connectivity index (χ3n) is 1.55. The molecule has 0 aliphatic heterocycles. The van der Waals surface area contributed by atoms with E-state index in [2.05, 4.69) is 6.92 Å². The summed E-state index contributed by atoms with van der Waals surface area (Å²) in [6.45, 7) is 2.17. The Bertz CT molecular complexity index is 193. The highest BCUT2D eigenvalue weighted by atomic mass is 32.2. The number of hydrogen-bond donors (Lipinski definition) is 1. The Morgan fingerprint density at radius 1 is 0.944 bits per heavy atom. The van der Waals surface area contributed by atoms with E-state index >= 15 is 0 Å². The Morgan fingerprint density at radius 2 is 1.61 bits per heavy atom. The maximum Gasteiger partial charge on any atom is 0.190 e. The second-order valence-corrected chi connectivity index (χ2v) is 10.7. The quantitative estimate of drug-likeness (QED) is 0.387. The van der Waals surface area contributed by atoms with Crippen LogP contribution < -0.4 is 0 Å². The molecular weight excluding hydrogens is 345 g/mol. The van der Waals surface area contributed by atoms with Crippen molar-refractivity contribution in [3.8, 4) is 0 Å². The van der Waals surface area contributed by atoms with Crippen molar-refractivity contribution < 1.29 is 9.90 Å². The highest BCUT2D eigenvalue weighted by molar-refractivity contribution is 8.27. The van der Waals surface area contributed by atoms with Gasteiger partial charge in [0.1, 0.15) is 0 Å². The molecule has 0 saturated heterocycles. The van der Waals surface area contributed by atoms with Crippen molar-refractivity contribution in [3.63, 3.8) is 0 Å². The molecule has 0 aliphatic carbocycles. The molecule has 0 aromatic carbocycles. The fraction of sp³-hybridized carbons (Fsp3) is 0.900. The van der Waals surface area contributed by atoms with Crippen molar-refractivity contribution >= 4 is 75.7 Å². The molecule has 1 N–H and O–H groups in total. The van der Waals surface area contributed by atoms with Gasteiger partial charge < -0.3 is 5.11 Å². The summed E-state index contributed by atoms with van der Waals surface area (Å²) in [5.41, 5.74) is 0. The van der Waals surface area contributed by atoms with E-state index in [0.717, 1.165) is 26.1 Å². The minimum atomic E-state index is 0.163. The summed E-state index contributed by atoms with van der Waals surface area (Å²) in [5.74, 6) is 2.28. The minimum Gasteiger partial charge on any atom is -0.386 e. The van der Waals surface area contributed by atoms with Gasteiger partial charge in [0.25, 0.3) is 0 Å². The van der Waals surface area contributed by atoms with Crippen LogP contribution in [0.4, 0.5) is 0 Å². The third-order valence-corrected chi connectivity index (χ3v) is 8.30. The number of carbonyl (C=O) groups excluding carboxylic acids is 1. The van der Waals surface area contributed by atoms with Crippen LogP contribution in [0.25, 0.3) is 0 Å². The molecule has 18 heavy (non-hydrogen) atoms. The van der Waals surface area contributed by atoms with Crippen molar-refractivity contribution in [2.75, 3.05) is 37.8 Å². The molecule has 0 fully saturated rings. The van der Waals surface area contributed by atoms with Crippen LogP contribution >= 0.6 is 70.6 Å². The number of rotatable bonds is 13. The molecule has 0 radical (unpaired) electrons. The monoisotopic (exact) mass is 364 g/mol. The van der Waals surface area contributed by atoms with E-state index in [0.29, 0.717) is 6.42 Å². The summed E-state index contributed by atoms with van der Waals surface area (Å²) in [6, 6.07) is 0.